The van der Waals surface area contributed by atoms with E-state index in [1.165, 1.54) is 28.6 Å². The van der Waals surface area contributed by atoms with Gasteiger partial charge >= 0.3 is 5.69 Å². The summed E-state index contributed by atoms with van der Waals surface area (Å²) in [5.74, 6) is 0.746. The van der Waals surface area contributed by atoms with Gasteiger partial charge in [-0.15, -0.1) is 0 Å². The van der Waals surface area contributed by atoms with E-state index < -0.39 is 0 Å². The third kappa shape index (κ3) is 4.08. The molecule has 0 atom stereocenters. The molecule has 0 saturated heterocycles. The SMILES string of the molecule is Cc1ccccc1CSn1c(Cc2ccccc2)c(I)cnc1=O. The first kappa shape index (κ1) is 17.2. The minimum atomic E-state index is -0.208. The lowest BCUT2D eigenvalue weighted by atomic mass is 10.1. The molecule has 122 valence electrons. The van der Waals surface area contributed by atoms with Crippen LogP contribution in [-0.2, 0) is 12.2 Å². The van der Waals surface area contributed by atoms with Gasteiger partial charge in [0.1, 0.15) is 0 Å². The van der Waals surface area contributed by atoms with Crippen molar-refractivity contribution in [1.82, 2.24) is 8.96 Å². The molecule has 0 aliphatic heterocycles. The third-order valence-corrected chi connectivity index (χ3v) is 5.78. The number of nitrogens with zero attached hydrogens (tertiary/aromatic N) is 2. The Balaban J connectivity index is 1.91. The molecule has 0 aliphatic carbocycles. The van der Waals surface area contributed by atoms with E-state index >= 15 is 0 Å². The van der Waals surface area contributed by atoms with Crippen LogP contribution >= 0.6 is 34.5 Å². The van der Waals surface area contributed by atoms with Gasteiger partial charge in [0.25, 0.3) is 0 Å². The first-order valence-electron chi connectivity index (χ1n) is 7.63. The summed E-state index contributed by atoms with van der Waals surface area (Å²) in [4.78, 5) is 16.3. The smallest absolute Gasteiger partial charge is 0.245 e. The topological polar surface area (TPSA) is 34.9 Å². The Kier molecular flexibility index (Phi) is 5.73. The van der Waals surface area contributed by atoms with Crippen molar-refractivity contribution in [2.45, 2.75) is 19.1 Å². The van der Waals surface area contributed by atoms with Crippen LogP contribution in [0, 0.1) is 10.5 Å². The number of halogens is 1. The maximum absolute atomic E-state index is 12.3. The fourth-order valence-electron chi connectivity index (χ4n) is 2.44. The van der Waals surface area contributed by atoms with Gasteiger partial charge < -0.3 is 0 Å². The van der Waals surface area contributed by atoms with Crippen molar-refractivity contribution in [3.8, 4) is 0 Å². The van der Waals surface area contributed by atoms with Gasteiger partial charge in [0.15, 0.2) is 0 Å². The highest BCUT2D eigenvalue weighted by molar-refractivity contribution is 14.1. The molecule has 0 unspecified atom stereocenters. The molecule has 3 aromatic rings. The quantitative estimate of drug-likeness (QED) is 0.542. The summed E-state index contributed by atoms with van der Waals surface area (Å²) in [5.41, 5.74) is 4.45. The van der Waals surface area contributed by atoms with Gasteiger partial charge in [-0.1, -0.05) is 54.6 Å². The second kappa shape index (κ2) is 7.98. The van der Waals surface area contributed by atoms with Gasteiger partial charge in [-0.2, -0.15) is 4.98 Å². The van der Waals surface area contributed by atoms with Crippen LogP contribution in [0.3, 0.4) is 0 Å². The zero-order valence-electron chi connectivity index (χ0n) is 13.3. The minimum Gasteiger partial charge on any atom is -0.245 e. The minimum absolute atomic E-state index is 0.208. The summed E-state index contributed by atoms with van der Waals surface area (Å²) >= 11 is 3.77. The molecule has 2 aromatic carbocycles. The number of aryl methyl sites for hydroxylation is 1. The highest BCUT2D eigenvalue weighted by atomic mass is 127. The first-order valence-corrected chi connectivity index (χ1v) is 9.65. The molecule has 0 amide bonds. The fourth-order valence-corrected chi connectivity index (χ4v) is 4.24. The highest BCUT2D eigenvalue weighted by Gasteiger charge is 2.12. The summed E-state index contributed by atoms with van der Waals surface area (Å²) in [6.45, 7) is 2.09. The van der Waals surface area contributed by atoms with Crippen LogP contribution in [0.2, 0.25) is 0 Å². The van der Waals surface area contributed by atoms with Crippen molar-refractivity contribution in [3.05, 3.63) is 97.2 Å². The average Bonchev–Trinajstić information content (AvgIpc) is 2.60. The van der Waals surface area contributed by atoms with Crippen molar-refractivity contribution < 1.29 is 0 Å². The summed E-state index contributed by atoms with van der Waals surface area (Å²) in [6.07, 6.45) is 2.38. The lowest BCUT2D eigenvalue weighted by molar-refractivity contribution is 0.914. The Morgan fingerprint density at radius 3 is 2.54 bits per heavy atom. The molecular weight excluding hydrogens is 431 g/mol. The van der Waals surface area contributed by atoms with Gasteiger partial charge in [0, 0.05) is 18.4 Å². The molecule has 3 rings (SSSR count). The lowest BCUT2D eigenvalue weighted by Crippen LogP contribution is -2.23. The van der Waals surface area contributed by atoms with E-state index in [0.717, 1.165) is 21.4 Å². The van der Waals surface area contributed by atoms with Crippen molar-refractivity contribution in [1.29, 1.82) is 0 Å². The molecule has 0 spiro atoms. The molecule has 24 heavy (non-hydrogen) atoms. The van der Waals surface area contributed by atoms with E-state index in [1.807, 2.05) is 30.3 Å². The van der Waals surface area contributed by atoms with Crippen LogP contribution < -0.4 is 5.69 Å². The molecule has 0 fully saturated rings. The van der Waals surface area contributed by atoms with Crippen LogP contribution in [-0.4, -0.2) is 8.96 Å². The maximum Gasteiger partial charge on any atom is 0.357 e. The number of benzene rings is 2. The summed E-state index contributed by atoms with van der Waals surface area (Å²) in [6, 6.07) is 18.5. The second-order valence-corrected chi connectivity index (χ2v) is 7.57. The molecule has 5 heteroatoms. The second-order valence-electron chi connectivity index (χ2n) is 5.49. The highest BCUT2D eigenvalue weighted by Crippen LogP contribution is 2.22. The normalized spacial score (nSPS) is 10.8. The Labute approximate surface area is 159 Å². The van der Waals surface area contributed by atoms with Gasteiger partial charge in [-0.05, 0) is 58.2 Å². The lowest BCUT2D eigenvalue weighted by Gasteiger charge is -2.13. The van der Waals surface area contributed by atoms with Gasteiger partial charge in [0.2, 0.25) is 0 Å². The Hall–Kier alpha value is -1.60. The van der Waals surface area contributed by atoms with Crippen LogP contribution in [0.5, 0.6) is 0 Å². The predicted octanol–water partition coefficient (Wildman–Crippen LogP) is 4.44. The van der Waals surface area contributed by atoms with Crippen LogP contribution in [0.15, 0.2) is 65.6 Å². The van der Waals surface area contributed by atoms with Gasteiger partial charge in [-0.3, -0.25) is 0 Å². The van der Waals surface area contributed by atoms with Crippen molar-refractivity contribution in [2.24, 2.45) is 0 Å². The molecule has 0 radical (unpaired) electrons. The Bertz CT molecular complexity index is 893. The average molecular weight is 448 g/mol. The van der Waals surface area contributed by atoms with E-state index in [-0.39, 0.29) is 5.69 Å². The van der Waals surface area contributed by atoms with Crippen LogP contribution in [0.1, 0.15) is 22.4 Å². The van der Waals surface area contributed by atoms with Gasteiger partial charge in [-0.25, -0.2) is 8.77 Å². The number of hydrogen-bond acceptors (Lipinski definition) is 3. The van der Waals surface area contributed by atoms with Crippen LogP contribution in [0.25, 0.3) is 0 Å². The van der Waals surface area contributed by atoms with Crippen molar-refractivity contribution in [3.63, 3.8) is 0 Å². The predicted molar refractivity (Wildman–Crippen MR) is 108 cm³/mol. The van der Waals surface area contributed by atoms with E-state index in [0.29, 0.717) is 0 Å². The zero-order valence-corrected chi connectivity index (χ0v) is 16.3. The van der Waals surface area contributed by atoms with E-state index in [2.05, 4.69) is 58.8 Å². The molecule has 0 saturated carbocycles. The number of rotatable bonds is 5. The molecule has 1 aromatic heterocycles. The Morgan fingerprint density at radius 2 is 1.79 bits per heavy atom. The Morgan fingerprint density at radius 1 is 1.08 bits per heavy atom. The van der Waals surface area contributed by atoms with E-state index in [4.69, 9.17) is 0 Å². The van der Waals surface area contributed by atoms with Crippen molar-refractivity contribution >= 4 is 34.5 Å². The fraction of sp³-hybridized carbons (Fsp3) is 0.158. The molecule has 0 N–H and O–H groups in total. The number of hydrogen-bond donors (Lipinski definition) is 0. The molecular formula is C19H17IN2OS. The number of aromatic nitrogens is 2. The molecule has 3 nitrogen and oxygen atoms in total. The van der Waals surface area contributed by atoms with E-state index in [9.17, 15) is 4.79 Å². The third-order valence-electron chi connectivity index (χ3n) is 3.81. The summed E-state index contributed by atoms with van der Waals surface area (Å²) in [5, 5.41) is 0. The summed E-state index contributed by atoms with van der Waals surface area (Å²) in [7, 11) is 0. The molecule has 1 heterocycles. The van der Waals surface area contributed by atoms with Crippen molar-refractivity contribution in [2.75, 3.05) is 0 Å². The maximum atomic E-state index is 12.3. The zero-order chi connectivity index (χ0) is 16.9. The summed E-state index contributed by atoms with van der Waals surface area (Å²) < 4.78 is 2.75. The van der Waals surface area contributed by atoms with E-state index in [1.54, 1.807) is 10.2 Å². The first-order chi connectivity index (χ1) is 11.6. The standard InChI is InChI=1S/C19H17IN2OS/c1-14-7-5-6-10-16(14)13-24-22-18(17(20)12-21-19(22)23)11-15-8-3-2-4-9-15/h2-10,12H,11,13H2,1H3. The van der Waals surface area contributed by atoms with Gasteiger partial charge in [0.05, 0.1) is 9.26 Å². The molecule has 0 aliphatic rings. The van der Waals surface area contributed by atoms with Crippen LogP contribution in [0.4, 0.5) is 0 Å². The molecule has 0 bridgehead atoms. The largest absolute Gasteiger partial charge is 0.357 e. The monoisotopic (exact) mass is 448 g/mol.